The lowest BCUT2D eigenvalue weighted by Gasteiger charge is -2.05. The first kappa shape index (κ1) is 11.6. The van der Waals surface area contributed by atoms with Crippen LogP contribution < -0.4 is 5.32 Å². The molecule has 0 aliphatic carbocycles. The van der Waals surface area contributed by atoms with Crippen molar-refractivity contribution in [1.82, 2.24) is 5.32 Å². The third-order valence-electron chi connectivity index (χ3n) is 2.46. The average molecular weight is 252 g/mol. The first-order valence-electron chi connectivity index (χ1n) is 5.19. The molecule has 2 rings (SSSR count). The summed E-state index contributed by atoms with van der Waals surface area (Å²) < 4.78 is 0. The third kappa shape index (κ3) is 2.46. The van der Waals surface area contributed by atoms with Gasteiger partial charge >= 0.3 is 0 Å². The van der Waals surface area contributed by atoms with Crippen LogP contribution in [0.2, 0.25) is 5.02 Å². The SMILES string of the molecule is CNCc1ccc(-c2csc(C)c2)c(Cl)c1. The number of benzene rings is 1. The Hall–Kier alpha value is -0.830. The van der Waals surface area contributed by atoms with Gasteiger partial charge in [0.2, 0.25) is 0 Å². The van der Waals surface area contributed by atoms with Gasteiger partial charge in [-0.1, -0.05) is 23.7 Å². The normalized spacial score (nSPS) is 10.7. The molecule has 0 spiro atoms. The zero-order chi connectivity index (χ0) is 11.5. The Bertz CT molecular complexity index is 490. The minimum absolute atomic E-state index is 0.825. The standard InChI is InChI=1S/C13H14ClNS/c1-9-5-11(8-16-9)12-4-3-10(7-15-2)6-13(12)14/h3-6,8,15H,7H2,1-2H3. The van der Waals surface area contributed by atoms with Crippen molar-refractivity contribution < 1.29 is 0 Å². The van der Waals surface area contributed by atoms with E-state index in [0.717, 1.165) is 17.1 Å². The van der Waals surface area contributed by atoms with Gasteiger partial charge in [0, 0.05) is 22.0 Å². The van der Waals surface area contributed by atoms with E-state index in [1.54, 1.807) is 11.3 Å². The van der Waals surface area contributed by atoms with Crippen LogP contribution in [0.1, 0.15) is 10.4 Å². The molecule has 1 aromatic heterocycles. The van der Waals surface area contributed by atoms with Gasteiger partial charge in [-0.15, -0.1) is 11.3 Å². The Morgan fingerprint density at radius 1 is 1.31 bits per heavy atom. The number of hydrogen-bond acceptors (Lipinski definition) is 2. The lowest BCUT2D eigenvalue weighted by Crippen LogP contribution is -2.04. The van der Waals surface area contributed by atoms with Crippen LogP contribution in [0.5, 0.6) is 0 Å². The average Bonchev–Trinajstić information content (AvgIpc) is 2.65. The van der Waals surface area contributed by atoms with Crippen LogP contribution in [0, 0.1) is 6.92 Å². The number of aryl methyl sites for hydroxylation is 1. The van der Waals surface area contributed by atoms with E-state index in [0.29, 0.717) is 0 Å². The molecule has 0 aliphatic rings. The number of hydrogen-bond donors (Lipinski definition) is 1. The van der Waals surface area contributed by atoms with Crippen LogP contribution in [0.15, 0.2) is 29.6 Å². The quantitative estimate of drug-likeness (QED) is 0.866. The molecule has 1 aromatic carbocycles. The summed E-state index contributed by atoms with van der Waals surface area (Å²) in [6, 6.07) is 8.41. The maximum atomic E-state index is 6.29. The molecule has 0 radical (unpaired) electrons. The first-order valence-corrected chi connectivity index (χ1v) is 6.45. The Morgan fingerprint density at radius 2 is 2.12 bits per heavy atom. The van der Waals surface area contributed by atoms with Crippen molar-refractivity contribution in [1.29, 1.82) is 0 Å². The molecule has 0 bridgehead atoms. The summed E-state index contributed by atoms with van der Waals surface area (Å²) in [6.07, 6.45) is 0. The van der Waals surface area contributed by atoms with E-state index in [-0.39, 0.29) is 0 Å². The van der Waals surface area contributed by atoms with Gasteiger partial charge in [0.1, 0.15) is 0 Å². The van der Waals surface area contributed by atoms with Gasteiger partial charge in [0.05, 0.1) is 0 Å². The largest absolute Gasteiger partial charge is 0.316 e. The van der Waals surface area contributed by atoms with E-state index in [4.69, 9.17) is 11.6 Å². The molecule has 1 N–H and O–H groups in total. The van der Waals surface area contributed by atoms with Gasteiger partial charge in [-0.05, 0) is 42.6 Å². The van der Waals surface area contributed by atoms with E-state index in [1.165, 1.54) is 16.0 Å². The zero-order valence-corrected chi connectivity index (χ0v) is 11.0. The monoisotopic (exact) mass is 251 g/mol. The van der Waals surface area contributed by atoms with Crippen molar-refractivity contribution in [2.45, 2.75) is 13.5 Å². The molecule has 0 fully saturated rings. The van der Waals surface area contributed by atoms with E-state index in [2.05, 4.69) is 35.8 Å². The van der Waals surface area contributed by atoms with Crippen molar-refractivity contribution in [2.24, 2.45) is 0 Å². The summed E-state index contributed by atoms with van der Waals surface area (Å²) in [6.45, 7) is 2.96. The van der Waals surface area contributed by atoms with Crippen LogP contribution in [0.25, 0.3) is 11.1 Å². The van der Waals surface area contributed by atoms with Gasteiger partial charge in [-0.25, -0.2) is 0 Å². The zero-order valence-electron chi connectivity index (χ0n) is 9.38. The fraction of sp³-hybridized carbons (Fsp3) is 0.231. The summed E-state index contributed by atoms with van der Waals surface area (Å²) in [5.74, 6) is 0. The molecule has 0 unspecified atom stereocenters. The second-order valence-electron chi connectivity index (χ2n) is 3.79. The van der Waals surface area contributed by atoms with Crippen molar-refractivity contribution >= 4 is 22.9 Å². The van der Waals surface area contributed by atoms with Crippen molar-refractivity contribution in [2.75, 3.05) is 7.05 Å². The van der Waals surface area contributed by atoms with Gasteiger partial charge in [-0.3, -0.25) is 0 Å². The first-order chi connectivity index (χ1) is 7.70. The lowest BCUT2D eigenvalue weighted by atomic mass is 10.1. The smallest absolute Gasteiger partial charge is 0.0487 e. The highest BCUT2D eigenvalue weighted by atomic mass is 35.5. The fourth-order valence-corrected chi connectivity index (χ4v) is 2.71. The van der Waals surface area contributed by atoms with E-state index in [9.17, 15) is 0 Å². The highest BCUT2D eigenvalue weighted by molar-refractivity contribution is 7.10. The van der Waals surface area contributed by atoms with Crippen LogP contribution in [0.4, 0.5) is 0 Å². The summed E-state index contributed by atoms with van der Waals surface area (Å²) >= 11 is 8.04. The van der Waals surface area contributed by atoms with E-state index >= 15 is 0 Å². The molecule has 1 heterocycles. The van der Waals surface area contributed by atoms with Crippen molar-refractivity contribution in [3.63, 3.8) is 0 Å². The van der Waals surface area contributed by atoms with Gasteiger partial charge in [0.25, 0.3) is 0 Å². The summed E-state index contributed by atoms with van der Waals surface area (Å²) in [7, 11) is 1.93. The molecule has 2 aromatic rings. The second-order valence-corrected chi connectivity index (χ2v) is 5.31. The molecule has 84 valence electrons. The molecule has 0 atom stereocenters. The number of thiophene rings is 1. The number of halogens is 1. The predicted molar refractivity (Wildman–Crippen MR) is 72.3 cm³/mol. The van der Waals surface area contributed by atoms with Crippen LogP contribution >= 0.6 is 22.9 Å². The lowest BCUT2D eigenvalue weighted by molar-refractivity contribution is 0.818. The number of rotatable bonds is 3. The van der Waals surface area contributed by atoms with Crippen molar-refractivity contribution in [3.05, 3.63) is 45.1 Å². The molecule has 0 saturated carbocycles. The van der Waals surface area contributed by atoms with Crippen LogP contribution in [-0.2, 0) is 6.54 Å². The molecular formula is C13H14ClNS. The topological polar surface area (TPSA) is 12.0 Å². The third-order valence-corrected chi connectivity index (χ3v) is 3.63. The minimum atomic E-state index is 0.825. The maximum absolute atomic E-state index is 6.29. The predicted octanol–water partition coefficient (Wildman–Crippen LogP) is 4.10. The molecule has 1 nitrogen and oxygen atoms in total. The summed E-state index contributed by atoms with van der Waals surface area (Å²) in [5.41, 5.74) is 3.54. The Balaban J connectivity index is 2.36. The van der Waals surface area contributed by atoms with E-state index in [1.807, 2.05) is 13.1 Å². The van der Waals surface area contributed by atoms with Gasteiger partial charge in [0.15, 0.2) is 0 Å². The Morgan fingerprint density at radius 3 is 2.69 bits per heavy atom. The maximum Gasteiger partial charge on any atom is 0.0487 e. The molecule has 16 heavy (non-hydrogen) atoms. The summed E-state index contributed by atoms with van der Waals surface area (Å²) in [4.78, 5) is 1.31. The van der Waals surface area contributed by atoms with Gasteiger partial charge in [-0.2, -0.15) is 0 Å². The molecule has 0 saturated heterocycles. The second kappa shape index (κ2) is 5.00. The minimum Gasteiger partial charge on any atom is -0.316 e. The molecule has 0 aliphatic heterocycles. The van der Waals surface area contributed by atoms with Crippen LogP contribution in [0.3, 0.4) is 0 Å². The van der Waals surface area contributed by atoms with Gasteiger partial charge < -0.3 is 5.32 Å². The Labute approximate surface area is 105 Å². The highest BCUT2D eigenvalue weighted by Gasteiger charge is 2.05. The summed E-state index contributed by atoms with van der Waals surface area (Å²) in [5, 5.41) is 6.09. The highest BCUT2D eigenvalue weighted by Crippen LogP contribution is 2.31. The molecule has 0 amide bonds. The molecular weight excluding hydrogens is 238 g/mol. The fourth-order valence-electron chi connectivity index (χ4n) is 1.69. The van der Waals surface area contributed by atoms with E-state index < -0.39 is 0 Å². The van der Waals surface area contributed by atoms with Crippen LogP contribution in [-0.4, -0.2) is 7.05 Å². The van der Waals surface area contributed by atoms with Crippen molar-refractivity contribution in [3.8, 4) is 11.1 Å². The number of nitrogens with one attached hydrogen (secondary N) is 1. The Kier molecular flexibility index (Phi) is 3.64. The molecule has 3 heteroatoms.